The predicted molar refractivity (Wildman–Crippen MR) is 82.5 cm³/mol. The number of esters is 1. The average molecular weight is 291 g/mol. The minimum absolute atomic E-state index is 0.0388. The number of rotatable bonds is 6. The summed E-state index contributed by atoms with van der Waals surface area (Å²) in [6.07, 6.45) is 3.38. The van der Waals surface area contributed by atoms with Crippen molar-refractivity contribution in [3.63, 3.8) is 0 Å². The molecule has 1 atom stereocenters. The van der Waals surface area contributed by atoms with Crippen LogP contribution in [0.15, 0.2) is 18.2 Å². The highest BCUT2D eigenvalue weighted by molar-refractivity contribution is 5.71. The first kappa shape index (κ1) is 15.8. The second kappa shape index (κ2) is 7.46. The van der Waals surface area contributed by atoms with Gasteiger partial charge < -0.3 is 14.8 Å². The number of ether oxygens (including phenoxy) is 2. The number of fused-ring (bicyclic) bond motifs is 1. The van der Waals surface area contributed by atoms with E-state index in [1.54, 1.807) is 0 Å². The van der Waals surface area contributed by atoms with Crippen LogP contribution in [-0.4, -0.2) is 25.2 Å². The maximum atomic E-state index is 11.5. The highest BCUT2D eigenvalue weighted by atomic mass is 16.6. The Morgan fingerprint density at radius 1 is 1.43 bits per heavy atom. The van der Waals surface area contributed by atoms with Gasteiger partial charge in [-0.3, -0.25) is 0 Å². The van der Waals surface area contributed by atoms with E-state index in [0.29, 0.717) is 6.04 Å². The monoisotopic (exact) mass is 291 g/mol. The Hall–Kier alpha value is -1.55. The fourth-order valence-electron chi connectivity index (χ4n) is 2.76. The summed E-state index contributed by atoms with van der Waals surface area (Å²) in [5.41, 5.74) is 2.68. The van der Waals surface area contributed by atoms with Crippen molar-refractivity contribution in [1.29, 1.82) is 0 Å². The fraction of sp³-hybridized carbons (Fsp3) is 0.588. The van der Waals surface area contributed by atoms with Crippen LogP contribution in [0.3, 0.4) is 0 Å². The van der Waals surface area contributed by atoms with E-state index in [1.807, 2.05) is 19.9 Å². The lowest BCUT2D eigenvalue weighted by Gasteiger charge is -2.26. The average Bonchev–Trinajstić information content (AvgIpc) is 2.45. The molecule has 0 spiro atoms. The van der Waals surface area contributed by atoms with Crippen LogP contribution in [0.1, 0.15) is 50.8 Å². The Labute approximate surface area is 126 Å². The Bertz CT molecular complexity index is 485. The number of carbonyl (C=O) groups excluding carboxylic acids is 1. The van der Waals surface area contributed by atoms with Crippen LogP contribution >= 0.6 is 0 Å². The molecule has 1 N–H and O–H groups in total. The van der Waals surface area contributed by atoms with Crippen LogP contribution in [0.2, 0.25) is 0 Å². The van der Waals surface area contributed by atoms with E-state index in [4.69, 9.17) is 9.47 Å². The van der Waals surface area contributed by atoms with E-state index >= 15 is 0 Å². The molecule has 0 bridgehead atoms. The van der Waals surface area contributed by atoms with Gasteiger partial charge in [0, 0.05) is 6.04 Å². The molecule has 0 fully saturated rings. The zero-order chi connectivity index (χ0) is 15.2. The first-order chi connectivity index (χ1) is 10.1. The smallest absolute Gasteiger partial charge is 0.344 e. The highest BCUT2D eigenvalue weighted by Crippen LogP contribution is 2.32. The molecule has 0 saturated heterocycles. The van der Waals surface area contributed by atoms with Gasteiger partial charge in [0.2, 0.25) is 0 Å². The highest BCUT2D eigenvalue weighted by Gasteiger charge is 2.20. The lowest BCUT2D eigenvalue weighted by atomic mass is 9.87. The number of benzene rings is 1. The van der Waals surface area contributed by atoms with E-state index in [-0.39, 0.29) is 18.7 Å². The van der Waals surface area contributed by atoms with Gasteiger partial charge in [0.05, 0.1) is 6.10 Å². The molecule has 1 unspecified atom stereocenters. The van der Waals surface area contributed by atoms with Crippen LogP contribution in [0, 0.1) is 0 Å². The number of hydrogen-bond donors (Lipinski definition) is 1. The first-order valence-corrected chi connectivity index (χ1v) is 7.78. The number of hydrogen-bond acceptors (Lipinski definition) is 4. The van der Waals surface area contributed by atoms with Gasteiger partial charge in [0.15, 0.2) is 6.61 Å². The number of carbonyl (C=O) groups is 1. The Morgan fingerprint density at radius 3 is 2.95 bits per heavy atom. The molecular formula is C17H25NO3. The van der Waals surface area contributed by atoms with E-state index in [2.05, 4.69) is 24.4 Å². The third kappa shape index (κ3) is 4.46. The second-order valence-electron chi connectivity index (χ2n) is 5.69. The van der Waals surface area contributed by atoms with Crippen molar-refractivity contribution in [2.45, 2.75) is 52.2 Å². The van der Waals surface area contributed by atoms with Crippen molar-refractivity contribution >= 4 is 5.97 Å². The molecule has 1 aliphatic carbocycles. The molecule has 2 rings (SSSR count). The van der Waals surface area contributed by atoms with Crippen molar-refractivity contribution in [2.75, 3.05) is 13.2 Å². The molecule has 1 aliphatic rings. The van der Waals surface area contributed by atoms with Gasteiger partial charge in [-0.15, -0.1) is 0 Å². The molecule has 21 heavy (non-hydrogen) atoms. The van der Waals surface area contributed by atoms with E-state index in [9.17, 15) is 4.79 Å². The molecule has 116 valence electrons. The van der Waals surface area contributed by atoms with Crippen molar-refractivity contribution in [1.82, 2.24) is 5.32 Å². The molecule has 0 radical (unpaired) electrons. The maximum absolute atomic E-state index is 11.5. The van der Waals surface area contributed by atoms with E-state index in [1.165, 1.54) is 17.5 Å². The largest absolute Gasteiger partial charge is 0.482 e. The summed E-state index contributed by atoms with van der Waals surface area (Å²) in [5, 5.41) is 3.51. The Balaban J connectivity index is 2.02. The summed E-state index contributed by atoms with van der Waals surface area (Å²) in [4.78, 5) is 11.5. The SMILES string of the molecule is CCNC1CCCc2ccc(OCC(=O)OC(C)C)cc21. The summed E-state index contributed by atoms with van der Waals surface area (Å²) in [7, 11) is 0. The molecule has 0 saturated carbocycles. The van der Waals surface area contributed by atoms with Gasteiger partial charge in [-0.25, -0.2) is 4.79 Å². The van der Waals surface area contributed by atoms with Gasteiger partial charge >= 0.3 is 5.97 Å². The minimum Gasteiger partial charge on any atom is -0.482 e. The molecule has 1 aromatic rings. The number of aryl methyl sites for hydroxylation is 1. The molecule has 4 nitrogen and oxygen atoms in total. The van der Waals surface area contributed by atoms with Gasteiger partial charge in [-0.05, 0) is 62.9 Å². The third-order valence-corrected chi connectivity index (χ3v) is 3.61. The lowest BCUT2D eigenvalue weighted by Crippen LogP contribution is -2.25. The summed E-state index contributed by atoms with van der Waals surface area (Å²) in [6, 6.07) is 6.51. The minimum atomic E-state index is -0.328. The zero-order valence-electron chi connectivity index (χ0n) is 13.1. The van der Waals surface area contributed by atoms with Crippen molar-refractivity contribution in [3.8, 4) is 5.75 Å². The molecule has 0 aliphatic heterocycles. The van der Waals surface area contributed by atoms with E-state index in [0.717, 1.165) is 25.1 Å². The number of nitrogens with one attached hydrogen (secondary N) is 1. The summed E-state index contributed by atoms with van der Waals surface area (Å²) in [5.74, 6) is 0.408. The quantitative estimate of drug-likeness (QED) is 0.819. The Morgan fingerprint density at radius 2 is 2.24 bits per heavy atom. The maximum Gasteiger partial charge on any atom is 0.344 e. The van der Waals surface area contributed by atoms with Crippen molar-refractivity contribution < 1.29 is 14.3 Å². The summed E-state index contributed by atoms with van der Waals surface area (Å²) < 4.78 is 10.6. The first-order valence-electron chi connectivity index (χ1n) is 7.78. The summed E-state index contributed by atoms with van der Waals surface area (Å²) >= 11 is 0. The van der Waals surface area contributed by atoms with Crippen LogP contribution in [0.5, 0.6) is 5.75 Å². The van der Waals surface area contributed by atoms with Crippen LogP contribution in [-0.2, 0) is 16.0 Å². The van der Waals surface area contributed by atoms with Gasteiger partial charge in [-0.2, -0.15) is 0 Å². The third-order valence-electron chi connectivity index (χ3n) is 3.61. The van der Waals surface area contributed by atoms with Crippen molar-refractivity contribution in [2.24, 2.45) is 0 Å². The van der Waals surface area contributed by atoms with E-state index < -0.39 is 0 Å². The van der Waals surface area contributed by atoms with Crippen LogP contribution < -0.4 is 10.1 Å². The predicted octanol–water partition coefficient (Wildman–Crippen LogP) is 3.00. The normalized spacial score (nSPS) is 17.4. The topological polar surface area (TPSA) is 47.6 Å². The molecule has 0 aromatic heterocycles. The molecule has 0 heterocycles. The van der Waals surface area contributed by atoms with Gasteiger partial charge in [-0.1, -0.05) is 13.0 Å². The zero-order valence-corrected chi connectivity index (χ0v) is 13.1. The molecule has 4 heteroatoms. The van der Waals surface area contributed by atoms with Gasteiger partial charge in [0.25, 0.3) is 0 Å². The molecule has 0 amide bonds. The Kier molecular flexibility index (Phi) is 5.62. The lowest BCUT2D eigenvalue weighted by molar-refractivity contribution is -0.149. The van der Waals surface area contributed by atoms with Gasteiger partial charge in [0.1, 0.15) is 5.75 Å². The second-order valence-corrected chi connectivity index (χ2v) is 5.69. The van der Waals surface area contributed by atoms with Crippen LogP contribution in [0.25, 0.3) is 0 Å². The molecular weight excluding hydrogens is 266 g/mol. The summed E-state index contributed by atoms with van der Waals surface area (Å²) in [6.45, 7) is 6.70. The van der Waals surface area contributed by atoms with Crippen molar-refractivity contribution in [3.05, 3.63) is 29.3 Å². The standard InChI is InChI=1S/C17H25NO3/c1-4-18-16-7-5-6-13-8-9-14(10-15(13)16)20-11-17(19)21-12(2)3/h8-10,12,16,18H,4-7,11H2,1-3H3. The van der Waals surface area contributed by atoms with Crippen LogP contribution in [0.4, 0.5) is 0 Å². The molecule has 1 aromatic carbocycles. The fourth-order valence-corrected chi connectivity index (χ4v) is 2.76.